The average Bonchev–Trinajstić information content (AvgIpc) is 2.78. The number of nitrogens with zero attached hydrogens (tertiary/aromatic N) is 1. The third-order valence-corrected chi connectivity index (χ3v) is 6.88. The summed E-state index contributed by atoms with van der Waals surface area (Å²) in [5.74, 6) is 1.14. The van der Waals surface area contributed by atoms with Crippen molar-refractivity contribution in [2.45, 2.75) is 30.9 Å². The lowest BCUT2D eigenvalue weighted by atomic mass is 9.77. The van der Waals surface area contributed by atoms with Crippen LogP contribution in [0.2, 0.25) is 5.02 Å². The van der Waals surface area contributed by atoms with Gasteiger partial charge in [0.1, 0.15) is 5.75 Å². The lowest BCUT2D eigenvalue weighted by Gasteiger charge is -2.33. The van der Waals surface area contributed by atoms with E-state index in [9.17, 15) is 10.1 Å². The number of halogens is 1. The number of rotatable bonds is 5. The summed E-state index contributed by atoms with van der Waals surface area (Å²) >= 11 is 7.87. The van der Waals surface area contributed by atoms with Crippen LogP contribution < -0.4 is 10.1 Å². The molecule has 1 atom stereocenters. The Hall–Kier alpha value is -2.68. The van der Waals surface area contributed by atoms with E-state index in [-0.39, 0.29) is 11.7 Å². The van der Waals surface area contributed by atoms with Crippen LogP contribution in [-0.2, 0) is 10.5 Å². The van der Waals surface area contributed by atoms with E-state index in [0.717, 1.165) is 46.0 Å². The van der Waals surface area contributed by atoms with Gasteiger partial charge in [-0.05, 0) is 42.2 Å². The van der Waals surface area contributed by atoms with Crippen LogP contribution in [0.5, 0.6) is 5.75 Å². The lowest BCUT2D eigenvalue weighted by molar-refractivity contribution is -0.116. The Morgan fingerprint density at radius 1 is 1.20 bits per heavy atom. The quantitative estimate of drug-likeness (QED) is 0.650. The summed E-state index contributed by atoms with van der Waals surface area (Å²) in [6, 6.07) is 17.7. The summed E-state index contributed by atoms with van der Waals surface area (Å²) in [6.07, 6.45) is 2.15. The second kappa shape index (κ2) is 8.99. The van der Waals surface area contributed by atoms with Gasteiger partial charge in [0.05, 0.1) is 29.7 Å². The summed E-state index contributed by atoms with van der Waals surface area (Å²) in [7, 11) is 1.62. The number of hydrogen-bond acceptors (Lipinski definition) is 5. The third kappa shape index (κ3) is 3.98. The molecule has 4 rings (SSSR count). The normalized spacial score (nSPS) is 18.6. The summed E-state index contributed by atoms with van der Waals surface area (Å²) in [4.78, 5) is 12.8. The Morgan fingerprint density at radius 2 is 1.97 bits per heavy atom. The van der Waals surface area contributed by atoms with Crippen molar-refractivity contribution in [1.29, 1.82) is 5.26 Å². The van der Waals surface area contributed by atoms with Gasteiger partial charge in [-0.15, -0.1) is 11.8 Å². The van der Waals surface area contributed by atoms with Crippen LogP contribution in [0.25, 0.3) is 0 Å². The van der Waals surface area contributed by atoms with Gasteiger partial charge < -0.3 is 10.1 Å². The van der Waals surface area contributed by atoms with Crippen LogP contribution in [0.4, 0.5) is 0 Å². The lowest BCUT2D eigenvalue weighted by Crippen LogP contribution is -2.31. The molecule has 1 N–H and O–H groups in total. The van der Waals surface area contributed by atoms with Gasteiger partial charge in [0, 0.05) is 28.5 Å². The average molecular weight is 437 g/mol. The van der Waals surface area contributed by atoms with Gasteiger partial charge in [0.15, 0.2) is 5.78 Å². The van der Waals surface area contributed by atoms with Crippen molar-refractivity contribution in [1.82, 2.24) is 5.32 Å². The van der Waals surface area contributed by atoms with Crippen LogP contribution >= 0.6 is 23.4 Å². The van der Waals surface area contributed by atoms with E-state index in [2.05, 4.69) is 11.4 Å². The highest BCUT2D eigenvalue weighted by molar-refractivity contribution is 8.02. The topological polar surface area (TPSA) is 62.1 Å². The van der Waals surface area contributed by atoms with E-state index in [1.165, 1.54) is 0 Å². The Kier molecular flexibility index (Phi) is 6.17. The highest BCUT2D eigenvalue weighted by Crippen LogP contribution is 2.44. The van der Waals surface area contributed by atoms with Crippen LogP contribution in [-0.4, -0.2) is 12.9 Å². The molecule has 0 amide bonds. The number of thioether (sulfide) groups is 1. The van der Waals surface area contributed by atoms with E-state index in [4.69, 9.17) is 16.3 Å². The molecule has 1 heterocycles. The Bertz CT molecular complexity index is 1080. The van der Waals surface area contributed by atoms with Crippen molar-refractivity contribution in [2.24, 2.45) is 0 Å². The standard InChI is InChI=1S/C24H21ClN2O2S/c1-29-17-11-9-15(10-12-17)22-18(13-26)24(27-20-7-4-8-21(28)23(20)22)30-14-16-5-2-3-6-19(16)25/h2-3,5-6,9-12,22,27H,4,7-8,14H2,1H3/t22-/m0/s1. The molecular weight excluding hydrogens is 416 g/mol. The molecule has 0 radical (unpaired) electrons. The van der Waals surface area contributed by atoms with E-state index in [1.807, 2.05) is 48.5 Å². The Labute approximate surface area is 185 Å². The molecule has 0 fully saturated rings. The fourth-order valence-electron chi connectivity index (χ4n) is 3.93. The number of ketones is 1. The molecule has 0 aromatic heterocycles. The molecule has 0 unspecified atom stereocenters. The van der Waals surface area contributed by atoms with E-state index in [1.54, 1.807) is 18.9 Å². The molecule has 0 saturated carbocycles. The number of dihydropyridines is 1. The maximum Gasteiger partial charge on any atom is 0.161 e. The fraction of sp³-hybridized carbons (Fsp3) is 0.250. The minimum absolute atomic E-state index is 0.118. The highest BCUT2D eigenvalue weighted by atomic mass is 35.5. The number of nitriles is 1. The number of Topliss-reactive ketones (excluding diaryl/α,β-unsaturated/α-hetero) is 1. The maximum atomic E-state index is 12.8. The van der Waals surface area contributed by atoms with Crippen LogP contribution in [0, 0.1) is 11.3 Å². The molecule has 152 valence electrons. The number of methoxy groups -OCH3 is 1. The van der Waals surface area contributed by atoms with Crippen LogP contribution in [0.3, 0.4) is 0 Å². The SMILES string of the molecule is COc1ccc([C@H]2C(C#N)=C(SCc3ccccc3Cl)NC3=C2C(=O)CCC3)cc1. The van der Waals surface area contributed by atoms with Crippen LogP contribution in [0.15, 0.2) is 70.4 Å². The van der Waals surface area contributed by atoms with Crippen molar-refractivity contribution in [3.8, 4) is 11.8 Å². The minimum Gasteiger partial charge on any atom is -0.497 e. The van der Waals surface area contributed by atoms with Crippen molar-refractivity contribution in [2.75, 3.05) is 7.11 Å². The van der Waals surface area contributed by atoms with Crippen molar-refractivity contribution >= 4 is 29.1 Å². The molecule has 2 aromatic rings. The molecular formula is C24H21ClN2O2S. The van der Waals surface area contributed by atoms with Crippen LogP contribution in [0.1, 0.15) is 36.3 Å². The minimum atomic E-state index is -0.362. The summed E-state index contributed by atoms with van der Waals surface area (Å²) < 4.78 is 5.27. The van der Waals surface area contributed by atoms with E-state index < -0.39 is 0 Å². The second-order valence-corrected chi connectivity index (χ2v) is 8.63. The van der Waals surface area contributed by atoms with Gasteiger partial charge in [0.25, 0.3) is 0 Å². The Morgan fingerprint density at radius 3 is 2.67 bits per heavy atom. The first-order valence-electron chi connectivity index (χ1n) is 9.80. The largest absolute Gasteiger partial charge is 0.497 e. The predicted molar refractivity (Wildman–Crippen MR) is 120 cm³/mol. The molecule has 1 aliphatic carbocycles. The zero-order chi connectivity index (χ0) is 21.1. The van der Waals surface area contributed by atoms with E-state index >= 15 is 0 Å². The zero-order valence-corrected chi connectivity index (χ0v) is 18.1. The number of hydrogen-bond donors (Lipinski definition) is 1. The Balaban J connectivity index is 1.74. The van der Waals surface area contributed by atoms with Gasteiger partial charge in [0.2, 0.25) is 0 Å². The molecule has 2 aromatic carbocycles. The van der Waals surface area contributed by atoms with Gasteiger partial charge >= 0.3 is 0 Å². The maximum absolute atomic E-state index is 12.8. The van der Waals surface area contributed by atoms with Crippen molar-refractivity contribution in [3.05, 3.63) is 86.6 Å². The van der Waals surface area contributed by atoms with Gasteiger partial charge in [-0.25, -0.2) is 0 Å². The summed E-state index contributed by atoms with van der Waals surface area (Å²) in [5.41, 5.74) is 4.17. The highest BCUT2D eigenvalue weighted by Gasteiger charge is 2.37. The number of carbonyl (C=O) groups excluding carboxylic acids is 1. The van der Waals surface area contributed by atoms with Gasteiger partial charge in [-0.3, -0.25) is 4.79 Å². The molecule has 6 heteroatoms. The molecule has 0 spiro atoms. The van der Waals surface area contributed by atoms with Gasteiger partial charge in [-0.1, -0.05) is 41.9 Å². The van der Waals surface area contributed by atoms with Crippen molar-refractivity contribution in [3.63, 3.8) is 0 Å². The van der Waals surface area contributed by atoms with E-state index in [0.29, 0.717) is 22.8 Å². The number of ether oxygens (including phenoxy) is 1. The molecule has 1 aliphatic heterocycles. The molecule has 30 heavy (non-hydrogen) atoms. The third-order valence-electron chi connectivity index (χ3n) is 5.44. The fourth-order valence-corrected chi connectivity index (χ4v) is 5.28. The molecule has 0 bridgehead atoms. The summed E-state index contributed by atoms with van der Waals surface area (Å²) in [6.45, 7) is 0. The summed E-state index contributed by atoms with van der Waals surface area (Å²) in [5, 5.41) is 15.0. The first-order chi connectivity index (χ1) is 14.6. The predicted octanol–water partition coefficient (Wildman–Crippen LogP) is 5.71. The molecule has 2 aliphatic rings. The first kappa shape index (κ1) is 20.6. The smallest absolute Gasteiger partial charge is 0.161 e. The number of nitrogens with one attached hydrogen (secondary N) is 1. The first-order valence-corrected chi connectivity index (χ1v) is 11.2. The number of allylic oxidation sites excluding steroid dienone is 3. The van der Waals surface area contributed by atoms with Gasteiger partial charge in [-0.2, -0.15) is 5.26 Å². The second-order valence-electron chi connectivity index (χ2n) is 7.23. The number of carbonyl (C=O) groups is 1. The number of benzene rings is 2. The molecule has 4 nitrogen and oxygen atoms in total. The monoisotopic (exact) mass is 436 g/mol. The molecule has 0 saturated heterocycles. The zero-order valence-electron chi connectivity index (χ0n) is 16.6. The van der Waals surface area contributed by atoms with Crippen molar-refractivity contribution < 1.29 is 9.53 Å².